The molecule has 36 heavy (non-hydrogen) atoms. The molecule has 0 spiro atoms. The molecule has 1 aliphatic heterocycles. The van der Waals surface area contributed by atoms with E-state index < -0.39 is 0 Å². The lowest BCUT2D eigenvalue weighted by Gasteiger charge is -2.36. The first kappa shape index (κ1) is 23.6. The number of benzene rings is 3. The molecule has 0 bridgehead atoms. The van der Waals surface area contributed by atoms with Gasteiger partial charge in [0.1, 0.15) is 12.4 Å². The number of nitrogens with one attached hydrogen (secondary N) is 1. The predicted molar refractivity (Wildman–Crippen MR) is 144 cm³/mol. The van der Waals surface area contributed by atoms with E-state index in [0.717, 1.165) is 40.7 Å². The first-order valence-corrected chi connectivity index (χ1v) is 12.8. The van der Waals surface area contributed by atoms with Crippen molar-refractivity contribution >= 4 is 34.5 Å². The summed E-state index contributed by atoms with van der Waals surface area (Å²) in [5.41, 5.74) is 3.48. The predicted octanol–water partition coefficient (Wildman–Crippen LogP) is 5.54. The van der Waals surface area contributed by atoms with E-state index in [1.54, 1.807) is 12.1 Å². The number of rotatable bonds is 7. The third-order valence-corrected chi connectivity index (χ3v) is 7.01. The van der Waals surface area contributed by atoms with Crippen LogP contribution in [0.4, 0.5) is 11.4 Å². The Balaban J connectivity index is 1.11. The van der Waals surface area contributed by atoms with Crippen molar-refractivity contribution < 1.29 is 14.3 Å². The van der Waals surface area contributed by atoms with Gasteiger partial charge in [-0.3, -0.25) is 9.59 Å². The molecule has 1 aromatic heterocycles. The maximum absolute atomic E-state index is 12.7. The van der Waals surface area contributed by atoms with E-state index in [2.05, 4.69) is 10.2 Å². The molecule has 2 heterocycles. The second kappa shape index (κ2) is 11.1. The summed E-state index contributed by atoms with van der Waals surface area (Å²) >= 11 is 1.48. The van der Waals surface area contributed by atoms with Crippen LogP contribution in [0.25, 0.3) is 0 Å². The number of ether oxygens (including phenoxy) is 1. The Hall–Kier alpha value is -4.10. The first-order chi connectivity index (χ1) is 17.7. The molecule has 0 unspecified atom stereocenters. The molecule has 0 saturated carbocycles. The summed E-state index contributed by atoms with van der Waals surface area (Å²) in [5.74, 6) is 0.661. The minimum absolute atomic E-state index is 0.110. The van der Waals surface area contributed by atoms with Crippen LogP contribution in [0.1, 0.15) is 25.6 Å². The average molecular weight is 498 g/mol. The quantitative estimate of drug-likeness (QED) is 0.364. The lowest BCUT2D eigenvalue weighted by Crippen LogP contribution is -2.48. The third kappa shape index (κ3) is 5.75. The summed E-state index contributed by atoms with van der Waals surface area (Å²) in [6.45, 7) is 3.43. The Kier molecular flexibility index (Phi) is 7.28. The Bertz CT molecular complexity index is 1280. The van der Waals surface area contributed by atoms with Crippen LogP contribution in [0.3, 0.4) is 0 Å². The molecule has 1 aliphatic rings. The molecule has 3 aromatic carbocycles. The fraction of sp³-hybridized carbons (Fsp3) is 0.172. The van der Waals surface area contributed by atoms with Gasteiger partial charge in [-0.05, 0) is 65.5 Å². The van der Waals surface area contributed by atoms with Gasteiger partial charge in [0.05, 0.1) is 4.88 Å². The van der Waals surface area contributed by atoms with Crippen molar-refractivity contribution in [3.05, 3.63) is 112 Å². The summed E-state index contributed by atoms with van der Waals surface area (Å²) in [4.78, 5) is 30.2. The monoisotopic (exact) mass is 497 g/mol. The molecular weight excluding hydrogens is 470 g/mol. The summed E-state index contributed by atoms with van der Waals surface area (Å²) in [6.07, 6.45) is 0. The van der Waals surface area contributed by atoms with Crippen molar-refractivity contribution in [2.24, 2.45) is 0 Å². The van der Waals surface area contributed by atoms with Gasteiger partial charge >= 0.3 is 0 Å². The summed E-state index contributed by atoms with van der Waals surface area (Å²) < 4.78 is 5.80. The second-order valence-electron chi connectivity index (χ2n) is 8.56. The largest absolute Gasteiger partial charge is 0.489 e. The zero-order valence-corrected chi connectivity index (χ0v) is 20.6. The van der Waals surface area contributed by atoms with Gasteiger partial charge in [-0.25, -0.2) is 0 Å². The molecule has 182 valence electrons. The van der Waals surface area contributed by atoms with Gasteiger partial charge in [0.25, 0.3) is 11.8 Å². The molecule has 1 N–H and O–H groups in total. The maximum atomic E-state index is 12.7. The first-order valence-electron chi connectivity index (χ1n) is 11.9. The molecule has 6 nitrogen and oxygen atoms in total. The zero-order chi connectivity index (χ0) is 24.7. The number of carbonyl (C=O) groups excluding carboxylic acids is 2. The summed E-state index contributed by atoms with van der Waals surface area (Å²) in [7, 11) is 0. The molecule has 0 radical (unpaired) electrons. The van der Waals surface area contributed by atoms with Gasteiger partial charge < -0.3 is 19.9 Å². The number of anilines is 2. The molecule has 1 saturated heterocycles. The lowest BCUT2D eigenvalue weighted by atomic mass is 10.2. The van der Waals surface area contributed by atoms with Gasteiger partial charge in [-0.15, -0.1) is 11.3 Å². The van der Waals surface area contributed by atoms with Crippen molar-refractivity contribution in [2.75, 3.05) is 36.4 Å². The van der Waals surface area contributed by atoms with Gasteiger partial charge in [-0.1, -0.05) is 36.4 Å². The van der Waals surface area contributed by atoms with Gasteiger partial charge in [0.2, 0.25) is 0 Å². The smallest absolute Gasteiger partial charge is 0.264 e. The second-order valence-corrected chi connectivity index (χ2v) is 9.50. The highest BCUT2D eigenvalue weighted by atomic mass is 32.1. The van der Waals surface area contributed by atoms with Crippen LogP contribution in [-0.4, -0.2) is 42.9 Å². The fourth-order valence-electron chi connectivity index (χ4n) is 4.13. The Morgan fingerprint density at radius 3 is 2.19 bits per heavy atom. The fourth-order valence-corrected chi connectivity index (χ4v) is 4.82. The van der Waals surface area contributed by atoms with Crippen LogP contribution in [0, 0.1) is 0 Å². The van der Waals surface area contributed by atoms with Crippen molar-refractivity contribution in [1.82, 2.24) is 4.90 Å². The summed E-state index contributed by atoms with van der Waals surface area (Å²) in [5, 5.41) is 4.88. The number of nitrogens with zero attached hydrogens (tertiary/aromatic N) is 2. The summed E-state index contributed by atoms with van der Waals surface area (Å²) in [6, 6.07) is 28.7. The van der Waals surface area contributed by atoms with E-state index in [-0.39, 0.29) is 11.8 Å². The van der Waals surface area contributed by atoms with E-state index in [1.807, 2.05) is 89.1 Å². The van der Waals surface area contributed by atoms with Crippen molar-refractivity contribution in [3.8, 4) is 5.75 Å². The highest BCUT2D eigenvalue weighted by molar-refractivity contribution is 7.12. The molecule has 5 rings (SSSR count). The average Bonchev–Trinajstić information content (AvgIpc) is 3.48. The van der Waals surface area contributed by atoms with Crippen LogP contribution in [0.2, 0.25) is 0 Å². The standard InChI is InChI=1S/C29H27N3O3S/c33-28(23-8-14-26(15-9-23)35-21-22-5-2-1-3-6-22)30-24-10-12-25(13-11-24)31-16-18-32(19-17-31)29(34)27-7-4-20-36-27/h1-15,20H,16-19,21H2,(H,30,33). The molecule has 0 atom stereocenters. The SMILES string of the molecule is O=C(Nc1ccc(N2CCN(C(=O)c3cccs3)CC2)cc1)c1ccc(OCc2ccccc2)cc1. The van der Waals surface area contributed by atoms with E-state index in [4.69, 9.17) is 4.74 Å². The number of thiophene rings is 1. The van der Waals surface area contributed by atoms with E-state index in [9.17, 15) is 9.59 Å². The van der Waals surface area contributed by atoms with Gasteiger partial charge in [0, 0.05) is 43.1 Å². The normalized spacial score (nSPS) is 13.3. The lowest BCUT2D eigenvalue weighted by molar-refractivity contribution is 0.0751. The van der Waals surface area contributed by atoms with E-state index in [0.29, 0.717) is 25.3 Å². The molecule has 4 aromatic rings. The molecular formula is C29H27N3O3S. The topological polar surface area (TPSA) is 61.9 Å². The Morgan fingerprint density at radius 2 is 1.53 bits per heavy atom. The van der Waals surface area contributed by atoms with Gasteiger partial charge in [-0.2, -0.15) is 0 Å². The van der Waals surface area contributed by atoms with Gasteiger partial charge in [0.15, 0.2) is 0 Å². The zero-order valence-electron chi connectivity index (χ0n) is 19.8. The van der Waals surface area contributed by atoms with E-state index >= 15 is 0 Å². The van der Waals surface area contributed by atoms with Crippen LogP contribution < -0.4 is 15.0 Å². The number of hydrogen-bond acceptors (Lipinski definition) is 5. The van der Waals surface area contributed by atoms with Crippen LogP contribution in [0.5, 0.6) is 5.75 Å². The molecule has 7 heteroatoms. The number of amides is 2. The minimum Gasteiger partial charge on any atom is -0.489 e. The highest BCUT2D eigenvalue weighted by Gasteiger charge is 2.22. The molecule has 0 aliphatic carbocycles. The number of carbonyl (C=O) groups is 2. The highest BCUT2D eigenvalue weighted by Crippen LogP contribution is 2.22. The van der Waals surface area contributed by atoms with Crippen LogP contribution in [0.15, 0.2) is 96.4 Å². The van der Waals surface area contributed by atoms with E-state index in [1.165, 1.54) is 11.3 Å². The van der Waals surface area contributed by atoms with Crippen LogP contribution >= 0.6 is 11.3 Å². The molecule has 1 fully saturated rings. The minimum atomic E-state index is -0.168. The Labute approximate surface area is 214 Å². The van der Waals surface area contributed by atoms with Crippen LogP contribution in [-0.2, 0) is 6.61 Å². The molecule has 2 amide bonds. The van der Waals surface area contributed by atoms with Crippen molar-refractivity contribution in [3.63, 3.8) is 0 Å². The Morgan fingerprint density at radius 1 is 0.806 bits per heavy atom. The number of hydrogen-bond donors (Lipinski definition) is 1. The number of piperazine rings is 1. The van der Waals surface area contributed by atoms with Crippen molar-refractivity contribution in [1.29, 1.82) is 0 Å². The van der Waals surface area contributed by atoms with Crippen molar-refractivity contribution in [2.45, 2.75) is 6.61 Å². The third-order valence-electron chi connectivity index (χ3n) is 6.15. The maximum Gasteiger partial charge on any atom is 0.264 e.